The van der Waals surface area contributed by atoms with Crippen molar-refractivity contribution in [2.45, 2.75) is 6.92 Å². The topological polar surface area (TPSA) is 55.6 Å². The van der Waals surface area contributed by atoms with Crippen LogP contribution >= 0.6 is 15.9 Å². The van der Waals surface area contributed by atoms with Crippen molar-refractivity contribution in [1.29, 1.82) is 0 Å². The molecule has 0 unspecified atom stereocenters. The van der Waals surface area contributed by atoms with E-state index >= 15 is 0 Å². The standard InChI is InChI=1S/C20H18BrN3O2/c1-14-11-15(13-24(14)16-7-9-17(26-2)10-8-16)12-22-23-20(25)18-5-3-4-6-19(18)21/h3-13H,1-2H3,(H,23,25)/b22-12-. The second-order valence-electron chi connectivity index (χ2n) is 5.66. The van der Waals surface area contributed by atoms with Crippen LogP contribution in [-0.4, -0.2) is 23.8 Å². The van der Waals surface area contributed by atoms with Gasteiger partial charge in [-0.1, -0.05) is 12.1 Å². The minimum atomic E-state index is -0.264. The first-order valence-electron chi connectivity index (χ1n) is 8.00. The molecule has 0 aliphatic heterocycles. The normalized spacial score (nSPS) is 10.9. The van der Waals surface area contributed by atoms with Gasteiger partial charge in [-0.2, -0.15) is 5.10 Å². The molecule has 0 aliphatic rings. The van der Waals surface area contributed by atoms with Crippen LogP contribution in [0.15, 0.2) is 70.4 Å². The first kappa shape index (κ1) is 17.9. The van der Waals surface area contributed by atoms with Gasteiger partial charge in [-0.25, -0.2) is 5.43 Å². The second kappa shape index (κ2) is 8.01. The highest BCUT2D eigenvalue weighted by Crippen LogP contribution is 2.18. The number of ether oxygens (including phenoxy) is 1. The van der Waals surface area contributed by atoms with Gasteiger partial charge in [0, 0.05) is 27.6 Å². The number of hydrogen-bond acceptors (Lipinski definition) is 3. The van der Waals surface area contributed by atoms with Gasteiger partial charge < -0.3 is 9.30 Å². The van der Waals surface area contributed by atoms with Crippen LogP contribution in [0, 0.1) is 6.92 Å². The van der Waals surface area contributed by atoms with Gasteiger partial charge in [-0.05, 0) is 65.3 Å². The number of methoxy groups -OCH3 is 1. The summed E-state index contributed by atoms with van der Waals surface area (Å²) >= 11 is 3.36. The number of hydrazone groups is 1. The van der Waals surface area contributed by atoms with E-state index in [-0.39, 0.29) is 5.91 Å². The van der Waals surface area contributed by atoms with Crippen molar-refractivity contribution in [2.75, 3.05) is 7.11 Å². The van der Waals surface area contributed by atoms with Gasteiger partial charge in [-0.3, -0.25) is 4.79 Å². The zero-order valence-corrected chi connectivity index (χ0v) is 16.0. The highest BCUT2D eigenvalue weighted by atomic mass is 79.9. The van der Waals surface area contributed by atoms with Gasteiger partial charge in [-0.15, -0.1) is 0 Å². The molecule has 0 aliphatic carbocycles. The largest absolute Gasteiger partial charge is 0.497 e. The van der Waals surface area contributed by atoms with Crippen molar-refractivity contribution in [1.82, 2.24) is 9.99 Å². The van der Waals surface area contributed by atoms with E-state index in [1.165, 1.54) is 0 Å². The number of aryl methyl sites for hydroxylation is 1. The second-order valence-corrected chi connectivity index (χ2v) is 6.52. The number of amides is 1. The molecule has 3 aromatic rings. The molecule has 26 heavy (non-hydrogen) atoms. The maximum absolute atomic E-state index is 12.1. The lowest BCUT2D eigenvalue weighted by Crippen LogP contribution is -2.17. The fourth-order valence-electron chi connectivity index (χ4n) is 2.56. The molecule has 1 aromatic heterocycles. The Morgan fingerprint density at radius 2 is 1.92 bits per heavy atom. The summed E-state index contributed by atoms with van der Waals surface area (Å²) in [6, 6.07) is 17.0. The molecule has 0 radical (unpaired) electrons. The van der Waals surface area contributed by atoms with E-state index in [4.69, 9.17) is 4.74 Å². The highest BCUT2D eigenvalue weighted by Gasteiger charge is 2.08. The molecule has 0 saturated carbocycles. The van der Waals surface area contributed by atoms with Crippen molar-refractivity contribution in [3.8, 4) is 11.4 Å². The number of nitrogens with zero attached hydrogens (tertiary/aromatic N) is 2. The molecule has 2 aromatic carbocycles. The third-order valence-corrected chi connectivity index (χ3v) is 4.57. The summed E-state index contributed by atoms with van der Waals surface area (Å²) < 4.78 is 7.97. The Kier molecular flexibility index (Phi) is 5.53. The lowest BCUT2D eigenvalue weighted by molar-refractivity contribution is 0.0954. The van der Waals surface area contributed by atoms with Crippen molar-refractivity contribution >= 4 is 28.1 Å². The van der Waals surface area contributed by atoms with Crippen LogP contribution in [0.1, 0.15) is 21.6 Å². The molecule has 0 atom stereocenters. The van der Waals surface area contributed by atoms with E-state index in [9.17, 15) is 4.79 Å². The number of aromatic nitrogens is 1. The highest BCUT2D eigenvalue weighted by molar-refractivity contribution is 9.10. The summed E-state index contributed by atoms with van der Waals surface area (Å²) in [6.07, 6.45) is 3.59. The van der Waals surface area contributed by atoms with Crippen LogP contribution in [0.25, 0.3) is 5.69 Å². The van der Waals surface area contributed by atoms with Crippen molar-refractivity contribution in [3.05, 3.63) is 82.1 Å². The van der Waals surface area contributed by atoms with Crippen molar-refractivity contribution < 1.29 is 9.53 Å². The first-order valence-corrected chi connectivity index (χ1v) is 8.79. The van der Waals surface area contributed by atoms with E-state index in [1.54, 1.807) is 19.4 Å². The number of nitrogens with one attached hydrogen (secondary N) is 1. The number of carbonyl (C=O) groups is 1. The molecule has 0 fully saturated rings. The SMILES string of the molecule is COc1ccc(-n2cc(/C=N\NC(=O)c3ccccc3Br)cc2C)cc1. The van der Waals surface area contributed by atoms with Gasteiger partial charge in [0.15, 0.2) is 0 Å². The average molecular weight is 412 g/mol. The van der Waals surface area contributed by atoms with Gasteiger partial charge in [0.1, 0.15) is 5.75 Å². The smallest absolute Gasteiger partial charge is 0.272 e. The fourth-order valence-corrected chi connectivity index (χ4v) is 3.03. The Hall–Kier alpha value is -2.86. The molecule has 0 spiro atoms. The molecular formula is C20H18BrN3O2. The molecule has 1 amide bonds. The molecule has 5 nitrogen and oxygen atoms in total. The Labute approximate surface area is 160 Å². The van der Waals surface area contributed by atoms with Gasteiger partial charge in [0.25, 0.3) is 5.91 Å². The van der Waals surface area contributed by atoms with E-state index in [2.05, 4.69) is 31.0 Å². The van der Waals surface area contributed by atoms with Crippen LogP contribution in [0.3, 0.4) is 0 Å². The predicted molar refractivity (Wildman–Crippen MR) is 106 cm³/mol. The maximum Gasteiger partial charge on any atom is 0.272 e. The van der Waals surface area contributed by atoms with E-state index in [0.29, 0.717) is 5.56 Å². The quantitative estimate of drug-likeness (QED) is 0.501. The van der Waals surface area contributed by atoms with E-state index in [0.717, 1.165) is 27.2 Å². The molecule has 6 heteroatoms. The van der Waals surface area contributed by atoms with Gasteiger partial charge in [0.2, 0.25) is 0 Å². The summed E-state index contributed by atoms with van der Waals surface area (Å²) in [7, 11) is 1.65. The first-order chi connectivity index (χ1) is 12.6. The minimum absolute atomic E-state index is 0.264. The predicted octanol–water partition coefficient (Wildman–Crippen LogP) is 4.32. The molecule has 1 N–H and O–H groups in total. The molecule has 1 heterocycles. The van der Waals surface area contributed by atoms with Crippen LogP contribution in [0.4, 0.5) is 0 Å². The number of rotatable bonds is 5. The molecule has 3 rings (SSSR count). The van der Waals surface area contributed by atoms with Crippen molar-refractivity contribution in [2.24, 2.45) is 5.10 Å². The van der Waals surface area contributed by atoms with Gasteiger partial charge in [0.05, 0.1) is 18.9 Å². The van der Waals surface area contributed by atoms with Crippen LogP contribution < -0.4 is 10.2 Å². The molecular weight excluding hydrogens is 394 g/mol. The number of hydrogen-bond donors (Lipinski definition) is 1. The Morgan fingerprint density at radius 1 is 1.19 bits per heavy atom. The van der Waals surface area contributed by atoms with Crippen LogP contribution in [0.2, 0.25) is 0 Å². The summed E-state index contributed by atoms with van der Waals surface area (Å²) in [6.45, 7) is 2.02. The Balaban J connectivity index is 1.71. The molecule has 132 valence electrons. The molecule has 0 saturated heterocycles. The lowest BCUT2D eigenvalue weighted by atomic mass is 10.2. The summed E-state index contributed by atoms with van der Waals surface area (Å²) in [5.41, 5.74) is 6.07. The number of benzene rings is 2. The van der Waals surface area contributed by atoms with Crippen LogP contribution in [0.5, 0.6) is 5.75 Å². The average Bonchev–Trinajstić information content (AvgIpc) is 3.02. The summed E-state index contributed by atoms with van der Waals surface area (Å²) in [4.78, 5) is 12.1. The van der Waals surface area contributed by atoms with Gasteiger partial charge >= 0.3 is 0 Å². The lowest BCUT2D eigenvalue weighted by Gasteiger charge is -2.06. The zero-order chi connectivity index (χ0) is 18.5. The van der Waals surface area contributed by atoms with E-state index < -0.39 is 0 Å². The Morgan fingerprint density at radius 3 is 2.62 bits per heavy atom. The Bertz CT molecular complexity index is 946. The monoisotopic (exact) mass is 411 g/mol. The zero-order valence-electron chi connectivity index (χ0n) is 14.4. The fraction of sp³-hybridized carbons (Fsp3) is 0.100. The third kappa shape index (κ3) is 4.03. The number of carbonyl (C=O) groups excluding carboxylic acids is 1. The minimum Gasteiger partial charge on any atom is -0.497 e. The van der Waals surface area contributed by atoms with Crippen LogP contribution in [-0.2, 0) is 0 Å². The molecule has 0 bridgehead atoms. The summed E-state index contributed by atoms with van der Waals surface area (Å²) in [5, 5.41) is 4.06. The summed E-state index contributed by atoms with van der Waals surface area (Å²) in [5.74, 6) is 0.551. The maximum atomic E-state index is 12.1. The number of halogens is 1. The third-order valence-electron chi connectivity index (χ3n) is 3.88. The van der Waals surface area contributed by atoms with Crippen molar-refractivity contribution in [3.63, 3.8) is 0 Å². The van der Waals surface area contributed by atoms with E-state index in [1.807, 2.05) is 61.7 Å².